The Morgan fingerprint density at radius 3 is 2.73 bits per heavy atom. The molecule has 2 N–H and O–H groups in total. The summed E-state index contributed by atoms with van der Waals surface area (Å²) in [4.78, 5) is 12.5. The summed E-state index contributed by atoms with van der Waals surface area (Å²) in [7, 11) is 3.25. The first kappa shape index (κ1) is 26.6. The molecule has 0 aromatic heterocycles. The topological polar surface area (TPSA) is 59.6 Å². The molecule has 5 atom stereocenters. The first-order valence-electron chi connectivity index (χ1n) is 14.7. The lowest BCUT2D eigenvalue weighted by Gasteiger charge is -2.33. The molecule has 5 nitrogen and oxygen atoms in total. The van der Waals surface area contributed by atoms with Crippen LogP contribution in [0.5, 0.6) is 0 Å². The van der Waals surface area contributed by atoms with Crippen LogP contribution in [0.1, 0.15) is 60.0 Å². The smallest absolute Gasteiger partial charge is 0.337 e. The number of carbonyl (C=O) groups is 1. The van der Waals surface area contributed by atoms with Crippen LogP contribution in [0.2, 0.25) is 0 Å². The van der Waals surface area contributed by atoms with Gasteiger partial charge in [-0.3, -0.25) is 0 Å². The van der Waals surface area contributed by atoms with E-state index >= 15 is 0 Å². The molecule has 0 saturated heterocycles. The highest BCUT2D eigenvalue weighted by atomic mass is 16.5. The molecular weight excluding hydrogens is 496 g/mol. The Morgan fingerprint density at radius 2 is 1.93 bits per heavy atom. The van der Waals surface area contributed by atoms with Gasteiger partial charge in [-0.1, -0.05) is 67.1 Å². The van der Waals surface area contributed by atoms with E-state index in [2.05, 4.69) is 65.8 Å². The molecule has 4 aliphatic rings. The molecule has 0 bridgehead atoms. The van der Waals surface area contributed by atoms with Crippen molar-refractivity contribution in [3.63, 3.8) is 0 Å². The molecule has 2 aromatic rings. The number of hydrogen-bond donors (Lipinski definition) is 2. The maximum atomic E-state index is 12.5. The van der Waals surface area contributed by atoms with Crippen molar-refractivity contribution in [1.82, 2.24) is 5.32 Å². The monoisotopic (exact) mass is 536 g/mol. The third kappa shape index (κ3) is 5.53. The summed E-state index contributed by atoms with van der Waals surface area (Å²) in [5.74, 6) is 1.38. The minimum atomic E-state index is -0.333. The van der Waals surface area contributed by atoms with Crippen molar-refractivity contribution in [3.05, 3.63) is 107 Å². The number of esters is 1. The second kappa shape index (κ2) is 11.5. The Hall–Kier alpha value is -3.57. The summed E-state index contributed by atoms with van der Waals surface area (Å²) in [5, 5.41) is 7.60. The van der Waals surface area contributed by atoms with Crippen LogP contribution >= 0.6 is 0 Å². The minimum Gasteiger partial charge on any atom is -0.465 e. The Morgan fingerprint density at radius 1 is 1.07 bits per heavy atom. The van der Waals surface area contributed by atoms with Crippen molar-refractivity contribution in [2.24, 2.45) is 17.8 Å². The van der Waals surface area contributed by atoms with E-state index in [0.717, 1.165) is 60.3 Å². The van der Waals surface area contributed by atoms with Crippen LogP contribution in [-0.4, -0.2) is 38.9 Å². The van der Waals surface area contributed by atoms with Gasteiger partial charge in [-0.2, -0.15) is 0 Å². The highest BCUT2D eigenvalue weighted by Gasteiger charge is 2.41. The summed E-state index contributed by atoms with van der Waals surface area (Å²) in [5.41, 5.74) is 8.83. The zero-order valence-corrected chi connectivity index (χ0v) is 23.6. The molecule has 0 amide bonds. The van der Waals surface area contributed by atoms with Gasteiger partial charge in [0.05, 0.1) is 18.8 Å². The molecule has 5 unspecified atom stereocenters. The Kier molecular flexibility index (Phi) is 7.66. The molecule has 0 radical (unpaired) electrons. The van der Waals surface area contributed by atoms with Crippen LogP contribution < -0.4 is 10.6 Å². The SMILES string of the molecule is C=C(NC1CNc2cc(C(=O)OC)ccc2/C(c2ccccc2)=C/C2=C(C1)C1CC1C=C2)C1CCCC(OC)C1. The molecule has 1 aliphatic heterocycles. The highest BCUT2D eigenvalue weighted by molar-refractivity contribution is 5.94. The fourth-order valence-corrected chi connectivity index (χ4v) is 6.77. The quantitative estimate of drug-likeness (QED) is 0.393. The number of ether oxygens (including phenoxy) is 2. The van der Waals surface area contributed by atoms with Crippen molar-refractivity contribution in [1.29, 1.82) is 0 Å². The zero-order valence-electron chi connectivity index (χ0n) is 23.6. The number of methoxy groups -OCH3 is 2. The van der Waals surface area contributed by atoms with Crippen molar-refractivity contribution < 1.29 is 14.3 Å². The first-order valence-corrected chi connectivity index (χ1v) is 14.7. The lowest BCUT2D eigenvalue weighted by atomic mass is 9.84. The van der Waals surface area contributed by atoms with Gasteiger partial charge in [0.2, 0.25) is 0 Å². The summed E-state index contributed by atoms with van der Waals surface area (Å²) >= 11 is 0. The van der Waals surface area contributed by atoms with Crippen LogP contribution in [0.3, 0.4) is 0 Å². The summed E-state index contributed by atoms with van der Waals surface area (Å²) in [6, 6.07) is 16.6. The summed E-state index contributed by atoms with van der Waals surface area (Å²) in [6.07, 6.45) is 14.1. The number of fused-ring (bicyclic) bond motifs is 3. The number of allylic oxidation sites excluding steroid dienone is 5. The number of anilines is 1. The van der Waals surface area contributed by atoms with E-state index < -0.39 is 0 Å². The highest BCUT2D eigenvalue weighted by Crippen LogP contribution is 2.51. The molecule has 3 aliphatic carbocycles. The van der Waals surface area contributed by atoms with Gasteiger partial charge in [0.15, 0.2) is 0 Å². The second-order valence-corrected chi connectivity index (χ2v) is 11.7. The van der Waals surface area contributed by atoms with Gasteiger partial charge in [0.25, 0.3) is 0 Å². The standard InChI is InChI=1S/C35H40N2O3/c1-22(24-10-7-11-29(16-24)39-2)37-28-20-33-26(13-12-25-18-32(25)33)17-31(23-8-5-4-6-9-23)30-15-14-27(35(38)40-3)19-34(30)36-21-28/h4-6,8-9,12-15,17,19,24-25,28-29,32,36-37H,1,7,10-11,16,18,20-21H2,2-3H3/b31-17+. The normalized spacial score (nSPS) is 28.6. The summed E-state index contributed by atoms with van der Waals surface area (Å²) in [6.45, 7) is 5.24. The third-order valence-electron chi connectivity index (χ3n) is 9.14. The van der Waals surface area contributed by atoms with Gasteiger partial charge in [0.1, 0.15) is 0 Å². The van der Waals surface area contributed by atoms with Gasteiger partial charge in [-0.15, -0.1) is 0 Å². The molecule has 5 heteroatoms. The van der Waals surface area contributed by atoms with Crippen LogP contribution in [0.4, 0.5) is 5.69 Å². The van der Waals surface area contributed by atoms with Crippen molar-refractivity contribution in [2.45, 2.75) is 50.7 Å². The lowest BCUT2D eigenvalue weighted by Crippen LogP contribution is -2.39. The Balaban J connectivity index is 1.40. The molecule has 2 saturated carbocycles. The van der Waals surface area contributed by atoms with Crippen LogP contribution in [-0.2, 0) is 9.47 Å². The Bertz CT molecular complexity index is 1370. The maximum Gasteiger partial charge on any atom is 0.337 e. The molecular formula is C35H40N2O3. The molecule has 1 heterocycles. The van der Waals surface area contributed by atoms with Gasteiger partial charge in [-0.25, -0.2) is 4.79 Å². The number of benzene rings is 2. The van der Waals surface area contributed by atoms with E-state index in [0.29, 0.717) is 29.4 Å². The molecule has 2 aromatic carbocycles. The maximum absolute atomic E-state index is 12.5. The molecule has 208 valence electrons. The number of rotatable bonds is 6. The van der Waals surface area contributed by atoms with E-state index in [4.69, 9.17) is 9.47 Å². The lowest BCUT2D eigenvalue weighted by molar-refractivity contribution is 0.0558. The fraction of sp³-hybridized carbons (Fsp3) is 0.400. The average molecular weight is 537 g/mol. The van der Waals surface area contributed by atoms with E-state index in [1.807, 2.05) is 25.3 Å². The van der Waals surface area contributed by atoms with E-state index in [-0.39, 0.29) is 12.0 Å². The zero-order chi connectivity index (χ0) is 27.6. The number of hydrogen-bond acceptors (Lipinski definition) is 5. The van der Waals surface area contributed by atoms with Crippen molar-refractivity contribution >= 4 is 17.2 Å². The number of nitrogens with one attached hydrogen (secondary N) is 2. The number of carbonyl (C=O) groups excluding carboxylic acids is 1. The van der Waals surface area contributed by atoms with Gasteiger partial charge in [0, 0.05) is 42.6 Å². The van der Waals surface area contributed by atoms with Crippen molar-refractivity contribution in [3.8, 4) is 0 Å². The van der Waals surface area contributed by atoms with Crippen LogP contribution in [0, 0.1) is 17.8 Å². The van der Waals surface area contributed by atoms with Crippen LogP contribution in [0.25, 0.3) is 5.57 Å². The minimum absolute atomic E-state index is 0.175. The van der Waals surface area contributed by atoms with Gasteiger partial charge < -0.3 is 20.1 Å². The predicted molar refractivity (Wildman–Crippen MR) is 161 cm³/mol. The van der Waals surface area contributed by atoms with Gasteiger partial charge >= 0.3 is 5.97 Å². The average Bonchev–Trinajstić information content (AvgIpc) is 3.80. The van der Waals surface area contributed by atoms with Crippen molar-refractivity contribution in [2.75, 3.05) is 26.1 Å². The van der Waals surface area contributed by atoms with E-state index in [1.165, 1.54) is 25.5 Å². The predicted octanol–water partition coefficient (Wildman–Crippen LogP) is 6.90. The third-order valence-corrected chi connectivity index (χ3v) is 9.14. The largest absolute Gasteiger partial charge is 0.465 e. The Labute approximate surface area is 238 Å². The molecule has 2 fully saturated rings. The molecule has 6 rings (SSSR count). The molecule has 40 heavy (non-hydrogen) atoms. The first-order chi connectivity index (χ1) is 19.5. The van der Waals surface area contributed by atoms with E-state index in [1.54, 1.807) is 5.57 Å². The summed E-state index contributed by atoms with van der Waals surface area (Å²) < 4.78 is 10.8. The van der Waals surface area contributed by atoms with Gasteiger partial charge in [-0.05, 0) is 78.9 Å². The fourth-order valence-electron chi connectivity index (χ4n) is 6.77. The van der Waals surface area contributed by atoms with Crippen LogP contribution in [0.15, 0.2) is 90.2 Å². The molecule has 0 spiro atoms. The second-order valence-electron chi connectivity index (χ2n) is 11.7. The van der Waals surface area contributed by atoms with E-state index in [9.17, 15) is 4.79 Å².